The van der Waals surface area contributed by atoms with E-state index in [9.17, 15) is 9.59 Å². The molecule has 0 aromatic carbocycles. The average molecular weight is 297 g/mol. The largest absolute Gasteiger partial charge is 0.444 e. The molecular formula is C14H23N3O4. The summed E-state index contributed by atoms with van der Waals surface area (Å²) in [4.78, 5) is 27.2. The van der Waals surface area contributed by atoms with E-state index in [2.05, 4.69) is 10.3 Å². The minimum atomic E-state index is -0.665. The van der Waals surface area contributed by atoms with E-state index in [1.54, 1.807) is 27.7 Å². The molecule has 0 saturated carbocycles. The highest BCUT2D eigenvalue weighted by Crippen LogP contribution is 2.24. The van der Waals surface area contributed by atoms with Crippen LogP contribution in [-0.4, -0.2) is 22.6 Å². The van der Waals surface area contributed by atoms with E-state index < -0.39 is 23.6 Å². The molecule has 1 rings (SSSR count). The molecule has 2 amide bonds. The maximum Gasteiger partial charge on any atom is 0.408 e. The summed E-state index contributed by atoms with van der Waals surface area (Å²) >= 11 is 0. The molecule has 1 heterocycles. The molecule has 0 spiro atoms. The number of aryl methyl sites for hydroxylation is 1. The third kappa shape index (κ3) is 4.77. The van der Waals surface area contributed by atoms with Crippen molar-refractivity contribution in [3.63, 3.8) is 0 Å². The van der Waals surface area contributed by atoms with E-state index in [4.69, 9.17) is 14.9 Å². The first-order valence-corrected chi connectivity index (χ1v) is 6.78. The number of nitrogens with two attached hydrogens (primary N) is 1. The maximum atomic E-state index is 11.9. The van der Waals surface area contributed by atoms with Gasteiger partial charge in [0.25, 0.3) is 5.91 Å². The molecule has 1 aromatic heterocycles. The Morgan fingerprint density at radius 1 is 1.33 bits per heavy atom. The highest BCUT2D eigenvalue weighted by Gasteiger charge is 2.28. The van der Waals surface area contributed by atoms with Crippen LogP contribution in [0.5, 0.6) is 0 Å². The number of aromatic nitrogens is 1. The highest BCUT2D eigenvalue weighted by molar-refractivity contribution is 5.91. The molecule has 1 atom stereocenters. The average Bonchev–Trinajstić information content (AvgIpc) is 2.65. The van der Waals surface area contributed by atoms with Crippen molar-refractivity contribution in [3.05, 3.63) is 17.3 Å². The molecule has 118 valence electrons. The second kappa shape index (κ2) is 6.15. The minimum Gasteiger partial charge on any atom is -0.444 e. The predicted molar refractivity (Wildman–Crippen MR) is 76.7 cm³/mol. The Kier molecular flexibility index (Phi) is 4.98. The molecule has 7 nitrogen and oxygen atoms in total. The molecule has 0 aliphatic carbocycles. The fourth-order valence-corrected chi connectivity index (χ4v) is 1.73. The van der Waals surface area contributed by atoms with Crippen LogP contribution in [0.15, 0.2) is 4.42 Å². The molecule has 7 heteroatoms. The van der Waals surface area contributed by atoms with Crippen LogP contribution in [0.25, 0.3) is 0 Å². The quantitative estimate of drug-likeness (QED) is 0.886. The Bertz CT molecular complexity index is 529. The number of hydrogen-bond acceptors (Lipinski definition) is 5. The first kappa shape index (κ1) is 17.0. The first-order chi connectivity index (χ1) is 9.51. The monoisotopic (exact) mass is 297 g/mol. The molecule has 0 bridgehead atoms. The van der Waals surface area contributed by atoms with Gasteiger partial charge < -0.3 is 20.2 Å². The van der Waals surface area contributed by atoms with Gasteiger partial charge >= 0.3 is 6.09 Å². The van der Waals surface area contributed by atoms with Gasteiger partial charge in [-0.05, 0) is 33.6 Å². The molecule has 21 heavy (non-hydrogen) atoms. The topological polar surface area (TPSA) is 107 Å². The van der Waals surface area contributed by atoms with Crippen molar-refractivity contribution in [1.29, 1.82) is 0 Å². The van der Waals surface area contributed by atoms with Crippen molar-refractivity contribution < 1.29 is 18.7 Å². The van der Waals surface area contributed by atoms with Crippen molar-refractivity contribution in [3.8, 4) is 0 Å². The van der Waals surface area contributed by atoms with Crippen LogP contribution in [0, 0.1) is 12.8 Å². The number of nitrogens with zero attached hydrogens (tertiary/aromatic N) is 1. The molecular weight excluding hydrogens is 274 g/mol. The lowest BCUT2D eigenvalue weighted by atomic mass is 10.0. The lowest BCUT2D eigenvalue weighted by Gasteiger charge is -2.24. The van der Waals surface area contributed by atoms with Crippen LogP contribution in [0.2, 0.25) is 0 Å². The van der Waals surface area contributed by atoms with Crippen LogP contribution in [0.3, 0.4) is 0 Å². The van der Waals surface area contributed by atoms with Gasteiger partial charge in [-0.3, -0.25) is 4.79 Å². The van der Waals surface area contributed by atoms with Crippen molar-refractivity contribution in [1.82, 2.24) is 10.3 Å². The fraction of sp³-hybridized carbons (Fsp3) is 0.643. The van der Waals surface area contributed by atoms with Crippen molar-refractivity contribution in [2.75, 3.05) is 0 Å². The van der Waals surface area contributed by atoms with Gasteiger partial charge in [-0.2, -0.15) is 0 Å². The number of carbonyl (C=O) groups excluding carboxylic acids is 2. The number of carbonyl (C=O) groups is 2. The second-order valence-electron chi connectivity index (χ2n) is 6.19. The van der Waals surface area contributed by atoms with Gasteiger partial charge in [0, 0.05) is 0 Å². The SMILES string of the molecule is Cc1oc([C@@H](NC(=O)OC(C)(C)C)C(C)C)nc1C(N)=O. The van der Waals surface area contributed by atoms with Crippen LogP contribution >= 0.6 is 0 Å². The van der Waals surface area contributed by atoms with Gasteiger partial charge in [0.2, 0.25) is 5.89 Å². The number of oxazole rings is 1. The molecule has 0 aliphatic heterocycles. The molecule has 0 aliphatic rings. The molecule has 3 N–H and O–H groups in total. The minimum absolute atomic E-state index is 0.00343. The maximum absolute atomic E-state index is 11.9. The van der Waals surface area contributed by atoms with E-state index in [1.165, 1.54) is 0 Å². The van der Waals surface area contributed by atoms with Gasteiger partial charge in [0.1, 0.15) is 17.4 Å². The first-order valence-electron chi connectivity index (χ1n) is 6.78. The van der Waals surface area contributed by atoms with Gasteiger partial charge in [0.15, 0.2) is 5.69 Å². The molecule has 0 unspecified atom stereocenters. The van der Waals surface area contributed by atoms with Gasteiger partial charge in [0.05, 0.1) is 0 Å². The normalized spacial score (nSPS) is 13.1. The summed E-state index contributed by atoms with van der Waals surface area (Å²) in [5, 5.41) is 2.70. The Labute approximate surface area is 124 Å². The fourth-order valence-electron chi connectivity index (χ4n) is 1.73. The number of alkyl carbamates (subject to hydrolysis) is 1. The summed E-state index contributed by atoms with van der Waals surface area (Å²) in [5.74, 6) is -0.102. The number of primary amides is 1. The Morgan fingerprint density at radius 2 is 1.90 bits per heavy atom. The number of amides is 2. The lowest BCUT2D eigenvalue weighted by Crippen LogP contribution is -2.37. The number of rotatable bonds is 4. The zero-order chi connectivity index (χ0) is 16.4. The van der Waals surface area contributed by atoms with Crippen LogP contribution in [0.1, 0.15) is 62.8 Å². The predicted octanol–water partition coefficient (Wildman–Crippen LogP) is 2.30. The standard InChI is InChI=1S/C14H23N3O4/c1-7(2)9(17-13(19)21-14(4,5)6)12-16-10(11(15)18)8(3)20-12/h7,9H,1-6H3,(H2,15,18)(H,17,19)/t9-/m0/s1. The van der Waals surface area contributed by atoms with E-state index in [-0.39, 0.29) is 17.5 Å². The van der Waals surface area contributed by atoms with E-state index >= 15 is 0 Å². The van der Waals surface area contributed by atoms with Crippen molar-refractivity contribution >= 4 is 12.0 Å². The van der Waals surface area contributed by atoms with E-state index in [1.807, 2.05) is 13.8 Å². The van der Waals surface area contributed by atoms with Crippen LogP contribution < -0.4 is 11.1 Å². The van der Waals surface area contributed by atoms with E-state index in [0.717, 1.165) is 0 Å². The zero-order valence-corrected chi connectivity index (χ0v) is 13.3. The highest BCUT2D eigenvalue weighted by atomic mass is 16.6. The number of nitrogens with one attached hydrogen (secondary N) is 1. The Balaban J connectivity index is 2.95. The summed E-state index contributed by atoms with van der Waals surface area (Å²) in [6, 6.07) is -0.508. The third-order valence-electron chi connectivity index (χ3n) is 2.65. The molecule has 0 saturated heterocycles. The smallest absolute Gasteiger partial charge is 0.408 e. The van der Waals surface area contributed by atoms with Crippen molar-refractivity contribution in [2.24, 2.45) is 11.7 Å². The Morgan fingerprint density at radius 3 is 2.29 bits per heavy atom. The van der Waals surface area contributed by atoms with E-state index in [0.29, 0.717) is 5.76 Å². The molecule has 0 fully saturated rings. The second-order valence-corrected chi connectivity index (χ2v) is 6.19. The molecule has 1 aromatic rings. The summed E-state index contributed by atoms with van der Waals surface area (Å²) in [5.41, 5.74) is 4.69. The Hall–Kier alpha value is -2.05. The number of hydrogen-bond donors (Lipinski definition) is 2. The van der Waals surface area contributed by atoms with Gasteiger partial charge in [-0.25, -0.2) is 9.78 Å². The van der Waals surface area contributed by atoms with Crippen LogP contribution in [-0.2, 0) is 4.74 Å². The van der Waals surface area contributed by atoms with Crippen LogP contribution in [0.4, 0.5) is 4.79 Å². The summed E-state index contributed by atoms with van der Waals surface area (Å²) < 4.78 is 10.7. The molecule has 0 radical (unpaired) electrons. The zero-order valence-electron chi connectivity index (χ0n) is 13.3. The summed E-state index contributed by atoms with van der Waals surface area (Å²) in [6.07, 6.45) is -0.572. The van der Waals surface area contributed by atoms with Gasteiger partial charge in [-0.1, -0.05) is 13.8 Å². The third-order valence-corrected chi connectivity index (χ3v) is 2.65. The van der Waals surface area contributed by atoms with Crippen molar-refractivity contribution in [2.45, 2.75) is 53.2 Å². The number of ether oxygens (including phenoxy) is 1. The lowest BCUT2D eigenvalue weighted by molar-refractivity contribution is 0.0478. The summed E-state index contributed by atoms with van der Waals surface area (Å²) in [7, 11) is 0. The van der Waals surface area contributed by atoms with Gasteiger partial charge in [-0.15, -0.1) is 0 Å². The summed E-state index contributed by atoms with van der Waals surface area (Å²) in [6.45, 7) is 10.7.